The van der Waals surface area contributed by atoms with Crippen LogP contribution in [0.3, 0.4) is 0 Å². The maximum Gasteiger partial charge on any atom is 0.316 e. The SMILES string of the molecule is C[C@H]1OC(=O)[C@]2(C(O)C(N)=O)CC(F)(F)[C@@H](C)[C@H](C=Cc3ccc(-c4ccccc4C#N)cn3)[C@H]12. The van der Waals surface area contributed by atoms with E-state index in [1.165, 1.54) is 13.0 Å². The van der Waals surface area contributed by atoms with Gasteiger partial charge in [-0.25, -0.2) is 8.78 Å². The summed E-state index contributed by atoms with van der Waals surface area (Å²) in [5.74, 6) is -8.63. The number of hydrogen-bond acceptors (Lipinski definition) is 6. The number of amides is 1. The van der Waals surface area contributed by atoms with Crippen LogP contribution in [0.25, 0.3) is 17.2 Å². The van der Waals surface area contributed by atoms with Crippen molar-refractivity contribution in [3.63, 3.8) is 0 Å². The number of primary amides is 1. The zero-order valence-corrected chi connectivity index (χ0v) is 19.2. The molecule has 35 heavy (non-hydrogen) atoms. The Bertz CT molecular complexity index is 1220. The third-order valence-electron chi connectivity index (χ3n) is 7.35. The van der Waals surface area contributed by atoms with E-state index in [9.17, 15) is 20.0 Å². The fourth-order valence-electron chi connectivity index (χ4n) is 5.53. The fourth-order valence-corrected chi connectivity index (χ4v) is 5.53. The van der Waals surface area contributed by atoms with Crippen LogP contribution in [0.1, 0.15) is 31.5 Å². The van der Waals surface area contributed by atoms with E-state index in [-0.39, 0.29) is 0 Å². The number of alkyl halides is 2. The van der Waals surface area contributed by atoms with Gasteiger partial charge in [0, 0.05) is 35.6 Å². The number of benzene rings is 1. The topological polar surface area (TPSA) is 126 Å². The van der Waals surface area contributed by atoms with Crippen molar-refractivity contribution in [2.45, 2.75) is 38.4 Å². The first-order valence-corrected chi connectivity index (χ1v) is 11.2. The molecule has 1 saturated heterocycles. The Morgan fingerprint density at radius 2 is 2.03 bits per heavy atom. The summed E-state index contributed by atoms with van der Waals surface area (Å²) in [5, 5.41) is 19.9. The lowest BCUT2D eigenvalue weighted by Crippen LogP contribution is -2.61. The number of pyridine rings is 1. The summed E-state index contributed by atoms with van der Waals surface area (Å²) in [7, 11) is 0. The van der Waals surface area contributed by atoms with Crippen LogP contribution in [-0.2, 0) is 14.3 Å². The second-order valence-electron chi connectivity index (χ2n) is 9.27. The molecular formula is C26H25F2N3O4. The van der Waals surface area contributed by atoms with E-state index in [4.69, 9.17) is 10.5 Å². The highest BCUT2D eigenvalue weighted by Gasteiger charge is 2.71. The highest BCUT2D eigenvalue weighted by Crippen LogP contribution is 2.60. The molecule has 3 N–H and O–H groups in total. The first-order chi connectivity index (χ1) is 16.5. The summed E-state index contributed by atoms with van der Waals surface area (Å²) < 4.78 is 35.6. The number of cyclic esters (lactones) is 1. The molecule has 0 spiro atoms. The molecule has 1 unspecified atom stereocenters. The molecule has 2 aromatic rings. The number of aliphatic hydroxyl groups excluding tert-OH is 1. The van der Waals surface area contributed by atoms with Gasteiger partial charge in [-0.1, -0.05) is 37.3 Å². The Labute approximate surface area is 201 Å². The van der Waals surface area contributed by atoms with Gasteiger partial charge in [0.1, 0.15) is 17.6 Å². The average molecular weight is 481 g/mol. The van der Waals surface area contributed by atoms with E-state index in [0.717, 1.165) is 11.1 Å². The molecule has 2 aliphatic rings. The molecule has 1 aliphatic heterocycles. The Kier molecular flexibility index (Phi) is 6.20. The number of rotatable bonds is 5. The van der Waals surface area contributed by atoms with Crippen LogP contribution in [0.15, 0.2) is 48.7 Å². The maximum absolute atomic E-state index is 15.1. The second kappa shape index (κ2) is 8.86. The van der Waals surface area contributed by atoms with E-state index < -0.39 is 59.6 Å². The number of nitriles is 1. The molecule has 0 bridgehead atoms. The number of carbonyl (C=O) groups excluding carboxylic acids is 2. The molecular weight excluding hydrogens is 456 g/mol. The number of esters is 1. The molecule has 7 nitrogen and oxygen atoms in total. The van der Waals surface area contributed by atoms with Gasteiger partial charge in [-0.3, -0.25) is 14.6 Å². The Balaban J connectivity index is 1.69. The van der Waals surface area contributed by atoms with E-state index >= 15 is 8.78 Å². The highest BCUT2D eigenvalue weighted by atomic mass is 19.3. The van der Waals surface area contributed by atoms with Crippen molar-refractivity contribution in [2.75, 3.05) is 0 Å². The molecule has 1 aromatic carbocycles. The van der Waals surface area contributed by atoms with Crippen molar-refractivity contribution in [3.05, 3.63) is 59.9 Å². The van der Waals surface area contributed by atoms with E-state index in [1.807, 2.05) is 6.07 Å². The molecule has 2 heterocycles. The molecule has 4 rings (SSSR count). The molecule has 6 atom stereocenters. The van der Waals surface area contributed by atoms with E-state index in [1.54, 1.807) is 49.5 Å². The van der Waals surface area contributed by atoms with Crippen molar-refractivity contribution in [1.29, 1.82) is 5.26 Å². The van der Waals surface area contributed by atoms with Gasteiger partial charge in [-0.15, -0.1) is 0 Å². The average Bonchev–Trinajstić information content (AvgIpc) is 3.08. The number of nitrogens with two attached hydrogens (primary N) is 1. The lowest BCUT2D eigenvalue weighted by Gasteiger charge is -2.48. The summed E-state index contributed by atoms with van der Waals surface area (Å²) in [4.78, 5) is 28.9. The molecule has 9 heteroatoms. The van der Waals surface area contributed by atoms with Crippen LogP contribution in [0.2, 0.25) is 0 Å². The van der Waals surface area contributed by atoms with Crippen LogP contribution in [0, 0.1) is 34.5 Å². The van der Waals surface area contributed by atoms with Gasteiger partial charge in [0.2, 0.25) is 5.91 Å². The molecule has 1 amide bonds. The number of carbonyl (C=O) groups is 2. The van der Waals surface area contributed by atoms with Crippen LogP contribution < -0.4 is 5.73 Å². The summed E-state index contributed by atoms with van der Waals surface area (Å²) in [6, 6.07) is 12.7. The summed E-state index contributed by atoms with van der Waals surface area (Å²) >= 11 is 0. The number of allylic oxidation sites excluding steroid dienone is 1. The number of aromatic nitrogens is 1. The third-order valence-corrected chi connectivity index (χ3v) is 7.35. The highest BCUT2D eigenvalue weighted by molar-refractivity contribution is 5.90. The Morgan fingerprint density at radius 1 is 1.31 bits per heavy atom. The molecule has 1 aromatic heterocycles. The lowest BCUT2D eigenvalue weighted by atomic mass is 9.54. The Morgan fingerprint density at radius 3 is 2.66 bits per heavy atom. The first-order valence-electron chi connectivity index (χ1n) is 11.2. The number of fused-ring (bicyclic) bond motifs is 1. The van der Waals surface area contributed by atoms with Crippen molar-refractivity contribution in [2.24, 2.45) is 28.9 Å². The summed E-state index contributed by atoms with van der Waals surface area (Å²) in [6.07, 6.45) is 0.767. The lowest BCUT2D eigenvalue weighted by molar-refractivity contribution is -0.192. The van der Waals surface area contributed by atoms with Crippen LogP contribution in [-0.4, -0.2) is 40.1 Å². The van der Waals surface area contributed by atoms with Gasteiger partial charge in [0.15, 0.2) is 0 Å². The zero-order chi connectivity index (χ0) is 25.5. The smallest absolute Gasteiger partial charge is 0.316 e. The fraction of sp³-hybridized carbons (Fsp3) is 0.385. The predicted octanol–water partition coefficient (Wildman–Crippen LogP) is 3.32. The molecule has 1 saturated carbocycles. The van der Waals surface area contributed by atoms with Crippen LogP contribution in [0.5, 0.6) is 0 Å². The van der Waals surface area contributed by atoms with Gasteiger partial charge < -0.3 is 15.6 Å². The van der Waals surface area contributed by atoms with E-state index in [2.05, 4.69) is 11.1 Å². The largest absolute Gasteiger partial charge is 0.462 e. The summed E-state index contributed by atoms with van der Waals surface area (Å²) in [5.41, 5.74) is 5.54. The molecule has 2 fully saturated rings. The van der Waals surface area contributed by atoms with Crippen molar-refractivity contribution < 1.29 is 28.2 Å². The van der Waals surface area contributed by atoms with Crippen LogP contribution in [0.4, 0.5) is 8.78 Å². The molecule has 1 aliphatic carbocycles. The van der Waals surface area contributed by atoms with Crippen molar-refractivity contribution in [3.8, 4) is 17.2 Å². The van der Waals surface area contributed by atoms with Gasteiger partial charge in [-0.2, -0.15) is 5.26 Å². The number of halogens is 2. The van der Waals surface area contributed by atoms with E-state index in [0.29, 0.717) is 11.3 Å². The first kappa shape index (κ1) is 24.5. The second-order valence-corrected chi connectivity index (χ2v) is 9.27. The van der Waals surface area contributed by atoms with Crippen molar-refractivity contribution >= 4 is 18.0 Å². The number of ether oxygens (including phenoxy) is 1. The van der Waals surface area contributed by atoms with Gasteiger partial charge in [0.05, 0.1) is 17.3 Å². The van der Waals surface area contributed by atoms with Gasteiger partial charge in [-0.05, 0) is 31.1 Å². The van der Waals surface area contributed by atoms with Crippen molar-refractivity contribution in [1.82, 2.24) is 4.98 Å². The minimum absolute atomic E-state index is 0.475. The van der Waals surface area contributed by atoms with Crippen LogP contribution >= 0.6 is 0 Å². The molecule has 0 radical (unpaired) electrons. The number of nitrogens with zero attached hydrogens (tertiary/aromatic N) is 2. The molecule has 182 valence electrons. The Hall–Kier alpha value is -3.64. The zero-order valence-electron chi connectivity index (χ0n) is 19.2. The monoisotopic (exact) mass is 481 g/mol. The number of hydrogen-bond donors (Lipinski definition) is 2. The normalized spacial score (nSPS) is 30.3. The minimum Gasteiger partial charge on any atom is -0.462 e. The predicted molar refractivity (Wildman–Crippen MR) is 122 cm³/mol. The number of aliphatic hydroxyl groups is 1. The van der Waals surface area contributed by atoms with Gasteiger partial charge in [0.25, 0.3) is 5.92 Å². The standard InChI is InChI=1S/C26H25F2N3O4/c1-14-19(10-9-18-8-7-17(12-31-18)20-6-4-3-5-16(20)11-29)21-15(2)35-24(34)25(21,13-26(14,27)28)22(32)23(30)33/h3-10,12,14-15,19,21-22,32H,13H2,1-2H3,(H2,30,33)/t14-,15+,19-,21-,22?,25+/m0/s1. The van der Waals surface area contributed by atoms with Gasteiger partial charge >= 0.3 is 5.97 Å². The quantitative estimate of drug-likeness (QED) is 0.631. The summed E-state index contributed by atoms with van der Waals surface area (Å²) in [6.45, 7) is 2.94. The minimum atomic E-state index is -3.36. The third kappa shape index (κ3) is 3.98. The maximum atomic E-state index is 15.1.